The van der Waals surface area contributed by atoms with Gasteiger partial charge in [0.05, 0.1) is 42.2 Å². The van der Waals surface area contributed by atoms with Crippen LogP contribution in [-0.2, 0) is 16.1 Å². The number of methoxy groups -OCH3 is 1. The molecule has 4 aromatic rings. The van der Waals surface area contributed by atoms with E-state index in [2.05, 4.69) is 15.1 Å². The van der Waals surface area contributed by atoms with E-state index in [1.165, 1.54) is 17.9 Å². The molecular formula is C20H17FN4O3. The van der Waals surface area contributed by atoms with Gasteiger partial charge in [-0.1, -0.05) is 0 Å². The molecule has 0 fully saturated rings. The second kappa shape index (κ2) is 7.22. The topological polar surface area (TPSA) is 79.1 Å². The monoisotopic (exact) mass is 380 g/mol. The number of fused-ring (bicyclic) bond motifs is 2. The van der Waals surface area contributed by atoms with Gasteiger partial charge in [-0.15, -0.1) is 0 Å². The van der Waals surface area contributed by atoms with Crippen molar-refractivity contribution in [1.29, 1.82) is 0 Å². The van der Waals surface area contributed by atoms with Gasteiger partial charge in [0.25, 0.3) is 0 Å². The SMILES string of the molecule is CCOC(=O)Cn1cc2cc3ncc(-c4ccc(OC)c(F)c4)nc3cc2n1. The van der Waals surface area contributed by atoms with Crippen molar-refractivity contribution in [2.45, 2.75) is 13.5 Å². The van der Waals surface area contributed by atoms with Gasteiger partial charge in [0.1, 0.15) is 6.54 Å². The van der Waals surface area contributed by atoms with Crippen molar-refractivity contribution in [3.05, 3.63) is 48.5 Å². The van der Waals surface area contributed by atoms with E-state index in [0.29, 0.717) is 34.4 Å². The summed E-state index contributed by atoms with van der Waals surface area (Å²) in [5.74, 6) is -0.638. The fourth-order valence-corrected chi connectivity index (χ4v) is 2.97. The minimum atomic E-state index is -0.463. The highest BCUT2D eigenvalue weighted by Gasteiger charge is 2.11. The number of carbonyl (C=O) groups is 1. The third kappa shape index (κ3) is 3.36. The van der Waals surface area contributed by atoms with Crippen molar-refractivity contribution in [2.24, 2.45) is 0 Å². The highest BCUT2D eigenvalue weighted by molar-refractivity contribution is 5.93. The van der Waals surface area contributed by atoms with E-state index in [1.54, 1.807) is 37.5 Å². The lowest BCUT2D eigenvalue weighted by atomic mass is 10.1. The lowest BCUT2D eigenvalue weighted by Crippen LogP contribution is -2.13. The van der Waals surface area contributed by atoms with Crippen molar-refractivity contribution < 1.29 is 18.7 Å². The van der Waals surface area contributed by atoms with Gasteiger partial charge in [-0.05, 0) is 37.3 Å². The number of halogens is 1. The second-order valence-corrected chi connectivity index (χ2v) is 6.14. The van der Waals surface area contributed by atoms with E-state index in [9.17, 15) is 9.18 Å². The van der Waals surface area contributed by atoms with Crippen molar-refractivity contribution in [3.8, 4) is 17.0 Å². The zero-order valence-electron chi connectivity index (χ0n) is 15.3. The van der Waals surface area contributed by atoms with Crippen LogP contribution >= 0.6 is 0 Å². The average molecular weight is 380 g/mol. The van der Waals surface area contributed by atoms with Crippen LogP contribution in [0.2, 0.25) is 0 Å². The van der Waals surface area contributed by atoms with E-state index < -0.39 is 5.82 Å². The molecular weight excluding hydrogens is 363 g/mol. The first-order valence-corrected chi connectivity index (χ1v) is 8.71. The molecule has 0 saturated carbocycles. The van der Waals surface area contributed by atoms with E-state index in [1.807, 2.05) is 6.07 Å². The summed E-state index contributed by atoms with van der Waals surface area (Å²) in [6, 6.07) is 8.29. The molecule has 0 radical (unpaired) electrons. The van der Waals surface area contributed by atoms with Crippen LogP contribution in [0.15, 0.2) is 42.7 Å². The number of ether oxygens (including phenoxy) is 2. The average Bonchev–Trinajstić information content (AvgIpc) is 3.06. The third-order valence-corrected chi connectivity index (χ3v) is 4.26. The maximum Gasteiger partial charge on any atom is 0.327 e. The Kier molecular flexibility index (Phi) is 4.60. The standard InChI is InChI=1S/C20H17FN4O3/c1-3-28-20(26)11-25-10-13-7-16-17(8-15(13)24-25)23-18(9-22-16)12-4-5-19(27-2)14(21)6-12/h4-10H,3,11H2,1-2H3. The van der Waals surface area contributed by atoms with Crippen LogP contribution in [-0.4, -0.2) is 39.4 Å². The van der Waals surface area contributed by atoms with Gasteiger partial charge in [-0.2, -0.15) is 5.10 Å². The van der Waals surface area contributed by atoms with Crippen LogP contribution in [0.1, 0.15) is 6.92 Å². The summed E-state index contributed by atoms with van der Waals surface area (Å²) in [6.45, 7) is 2.12. The Hall–Kier alpha value is -3.55. The van der Waals surface area contributed by atoms with E-state index in [-0.39, 0.29) is 18.3 Å². The first kappa shape index (κ1) is 17.8. The molecule has 0 N–H and O–H groups in total. The van der Waals surface area contributed by atoms with Crippen LogP contribution in [0.5, 0.6) is 5.75 Å². The van der Waals surface area contributed by atoms with Crippen LogP contribution in [0, 0.1) is 5.82 Å². The summed E-state index contributed by atoms with van der Waals surface area (Å²) >= 11 is 0. The Bertz CT molecular complexity index is 1190. The Labute approximate surface area is 159 Å². The van der Waals surface area contributed by atoms with Crippen LogP contribution in [0.3, 0.4) is 0 Å². The summed E-state index contributed by atoms with van der Waals surface area (Å²) < 4.78 is 25.4. The van der Waals surface area contributed by atoms with Crippen LogP contribution in [0.4, 0.5) is 4.39 Å². The Morgan fingerprint density at radius 3 is 2.79 bits per heavy atom. The molecule has 0 saturated heterocycles. The second-order valence-electron chi connectivity index (χ2n) is 6.14. The number of nitrogens with zero attached hydrogens (tertiary/aromatic N) is 4. The molecule has 0 bridgehead atoms. The summed E-state index contributed by atoms with van der Waals surface area (Å²) in [7, 11) is 1.42. The predicted octanol–water partition coefficient (Wildman–Crippen LogP) is 3.36. The summed E-state index contributed by atoms with van der Waals surface area (Å²) in [5, 5.41) is 5.24. The number of rotatable bonds is 5. The summed E-state index contributed by atoms with van der Waals surface area (Å²) in [4.78, 5) is 20.7. The van der Waals surface area contributed by atoms with Gasteiger partial charge < -0.3 is 9.47 Å². The number of hydrogen-bond donors (Lipinski definition) is 0. The molecule has 4 rings (SSSR count). The lowest BCUT2D eigenvalue weighted by Gasteiger charge is -2.05. The van der Waals surface area contributed by atoms with Crippen molar-refractivity contribution in [3.63, 3.8) is 0 Å². The molecule has 0 spiro atoms. The van der Waals surface area contributed by atoms with Crippen LogP contribution in [0.25, 0.3) is 33.2 Å². The van der Waals surface area contributed by atoms with Gasteiger partial charge in [0, 0.05) is 17.1 Å². The molecule has 0 aliphatic rings. The number of aromatic nitrogens is 4. The predicted molar refractivity (Wildman–Crippen MR) is 101 cm³/mol. The molecule has 2 aromatic carbocycles. The van der Waals surface area contributed by atoms with Crippen molar-refractivity contribution in [2.75, 3.05) is 13.7 Å². The Morgan fingerprint density at radius 2 is 2.04 bits per heavy atom. The van der Waals surface area contributed by atoms with Gasteiger partial charge in [-0.3, -0.25) is 14.5 Å². The molecule has 8 heteroatoms. The van der Waals surface area contributed by atoms with Crippen molar-refractivity contribution >= 4 is 27.9 Å². The van der Waals surface area contributed by atoms with Crippen LogP contribution < -0.4 is 4.74 Å². The third-order valence-electron chi connectivity index (χ3n) is 4.26. The Balaban J connectivity index is 1.71. The first-order chi connectivity index (χ1) is 13.6. The molecule has 28 heavy (non-hydrogen) atoms. The maximum atomic E-state index is 14.0. The molecule has 0 unspecified atom stereocenters. The number of esters is 1. The number of benzene rings is 2. The molecule has 2 aromatic heterocycles. The van der Waals surface area contributed by atoms with Gasteiger partial charge in [0.15, 0.2) is 11.6 Å². The zero-order chi connectivity index (χ0) is 19.7. The smallest absolute Gasteiger partial charge is 0.327 e. The van der Waals surface area contributed by atoms with E-state index in [4.69, 9.17) is 9.47 Å². The van der Waals surface area contributed by atoms with Crippen molar-refractivity contribution in [1.82, 2.24) is 19.7 Å². The Morgan fingerprint density at radius 1 is 1.18 bits per heavy atom. The molecule has 7 nitrogen and oxygen atoms in total. The molecule has 0 aliphatic carbocycles. The first-order valence-electron chi connectivity index (χ1n) is 8.71. The quantitative estimate of drug-likeness (QED) is 0.494. The molecule has 0 aliphatic heterocycles. The fraction of sp³-hybridized carbons (Fsp3) is 0.200. The molecule has 142 valence electrons. The number of hydrogen-bond acceptors (Lipinski definition) is 6. The zero-order valence-corrected chi connectivity index (χ0v) is 15.3. The minimum Gasteiger partial charge on any atom is -0.494 e. The highest BCUT2D eigenvalue weighted by Crippen LogP contribution is 2.26. The largest absolute Gasteiger partial charge is 0.494 e. The molecule has 0 amide bonds. The maximum absolute atomic E-state index is 14.0. The molecule has 0 atom stereocenters. The van der Waals surface area contributed by atoms with E-state index >= 15 is 0 Å². The highest BCUT2D eigenvalue weighted by atomic mass is 19.1. The normalized spacial score (nSPS) is 11.1. The minimum absolute atomic E-state index is 0.0378. The fourth-order valence-electron chi connectivity index (χ4n) is 2.97. The van der Waals surface area contributed by atoms with E-state index in [0.717, 1.165) is 5.39 Å². The number of carbonyl (C=O) groups excluding carboxylic acids is 1. The van der Waals surface area contributed by atoms with Gasteiger partial charge in [0.2, 0.25) is 0 Å². The molecule has 2 heterocycles. The summed E-state index contributed by atoms with van der Waals surface area (Å²) in [6.07, 6.45) is 3.36. The van der Waals surface area contributed by atoms with Gasteiger partial charge in [-0.25, -0.2) is 9.37 Å². The lowest BCUT2D eigenvalue weighted by molar-refractivity contribution is -0.144. The van der Waals surface area contributed by atoms with Gasteiger partial charge >= 0.3 is 5.97 Å². The summed E-state index contributed by atoms with van der Waals surface area (Å²) in [5.41, 5.74) is 3.13.